The highest BCUT2D eigenvalue weighted by Crippen LogP contribution is 2.33. The minimum Gasteiger partial charge on any atom is -0.244 e. The molecule has 0 saturated carbocycles. The van der Waals surface area contributed by atoms with Gasteiger partial charge in [-0.2, -0.15) is 0 Å². The van der Waals surface area contributed by atoms with Gasteiger partial charge in [-0.25, -0.2) is 8.78 Å². The molecule has 6 atom stereocenters. The summed E-state index contributed by atoms with van der Waals surface area (Å²) in [5.74, 6) is 1.34. The average molecular weight is 319 g/mol. The molecule has 0 bridgehead atoms. The van der Waals surface area contributed by atoms with E-state index >= 15 is 0 Å². The molecule has 6 unspecified atom stereocenters. The van der Waals surface area contributed by atoms with E-state index in [-0.39, 0.29) is 23.7 Å². The summed E-state index contributed by atoms with van der Waals surface area (Å²) >= 11 is 0. The van der Waals surface area contributed by atoms with Crippen molar-refractivity contribution in [1.82, 2.24) is 0 Å². The van der Waals surface area contributed by atoms with Gasteiger partial charge >= 0.3 is 0 Å². The van der Waals surface area contributed by atoms with E-state index in [1.165, 1.54) is 0 Å². The number of rotatable bonds is 11. The molecule has 0 radical (unpaired) electrons. The lowest BCUT2D eigenvalue weighted by atomic mass is 9.79. The third-order valence-electron chi connectivity index (χ3n) is 5.50. The van der Waals surface area contributed by atoms with E-state index in [0.717, 1.165) is 25.7 Å². The molecule has 0 amide bonds. The fraction of sp³-hybridized carbons (Fsp3) is 1.00. The number of alkyl halides is 2. The maximum absolute atomic E-state index is 14.6. The zero-order valence-electron chi connectivity index (χ0n) is 16.2. The summed E-state index contributed by atoms with van der Waals surface area (Å²) in [6, 6.07) is 0. The number of hydrogen-bond donors (Lipinski definition) is 0. The largest absolute Gasteiger partial charge is 0.244 e. The Morgan fingerprint density at radius 2 is 0.773 bits per heavy atom. The third-order valence-corrected chi connectivity index (χ3v) is 5.50. The van der Waals surface area contributed by atoms with Crippen LogP contribution in [0.5, 0.6) is 0 Å². The van der Waals surface area contributed by atoms with Crippen LogP contribution in [0.1, 0.15) is 81.1 Å². The van der Waals surface area contributed by atoms with E-state index in [4.69, 9.17) is 0 Å². The zero-order chi connectivity index (χ0) is 17.4. The fourth-order valence-corrected chi connectivity index (χ4v) is 2.93. The molecule has 0 aliphatic heterocycles. The smallest absolute Gasteiger partial charge is 0.134 e. The minimum absolute atomic E-state index is 0.200. The van der Waals surface area contributed by atoms with Crippen molar-refractivity contribution >= 4 is 0 Å². The molecule has 0 aromatic heterocycles. The topological polar surface area (TPSA) is 0 Å². The van der Waals surface area contributed by atoms with E-state index in [1.807, 2.05) is 13.8 Å². The van der Waals surface area contributed by atoms with Gasteiger partial charge in [0.1, 0.15) is 12.3 Å². The van der Waals surface area contributed by atoms with Gasteiger partial charge < -0.3 is 0 Å². The van der Waals surface area contributed by atoms with Crippen molar-refractivity contribution in [1.29, 1.82) is 0 Å². The van der Waals surface area contributed by atoms with Gasteiger partial charge in [-0.05, 0) is 35.5 Å². The molecule has 0 nitrogen and oxygen atoms in total. The second kappa shape index (κ2) is 10.6. The highest BCUT2D eigenvalue weighted by molar-refractivity contribution is 4.83. The molecule has 0 aliphatic carbocycles. The van der Waals surface area contributed by atoms with Crippen LogP contribution in [0.25, 0.3) is 0 Å². The highest BCUT2D eigenvalue weighted by Gasteiger charge is 2.35. The summed E-state index contributed by atoms with van der Waals surface area (Å²) in [5.41, 5.74) is 0. The Hall–Kier alpha value is -0.140. The predicted molar refractivity (Wildman–Crippen MR) is 94.6 cm³/mol. The van der Waals surface area contributed by atoms with Crippen LogP contribution in [0.15, 0.2) is 0 Å². The van der Waals surface area contributed by atoms with Gasteiger partial charge in [-0.1, -0.05) is 81.1 Å². The van der Waals surface area contributed by atoms with Gasteiger partial charge in [0.15, 0.2) is 0 Å². The Kier molecular flexibility index (Phi) is 10.5. The van der Waals surface area contributed by atoms with E-state index < -0.39 is 12.3 Å². The molecule has 0 aliphatic rings. The van der Waals surface area contributed by atoms with Crippen LogP contribution in [-0.2, 0) is 0 Å². The van der Waals surface area contributed by atoms with Gasteiger partial charge in [0, 0.05) is 0 Å². The van der Waals surface area contributed by atoms with Crippen molar-refractivity contribution in [3.63, 3.8) is 0 Å². The first-order valence-electron chi connectivity index (χ1n) is 9.35. The molecule has 2 heteroatoms. The van der Waals surface area contributed by atoms with E-state index in [1.54, 1.807) is 0 Å². The van der Waals surface area contributed by atoms with E-state index in [9.17, 15) is 8.78 Å². The number of halogens is 2. The quantitative estimate of drug-likeness (QED) is 0.382. The van der Waals surface area contributed by atoms with Crippen molar-refractivity contribution in [3.8, 4) is 0 Å². The first-order chi connectivity index (χ1) is 10.1. The lowest BCUT2D eigenvalue weighted by Gasteiger charge is -2.31. The molecule has 134 valence electrons. The van der Waals surface area contributed by atoms with Crippen molar-refractivity contribution in [2.24, 2.45) is 35.5 Å². The van der Waals surface area contributed by atoms with Crippen LogP contribution < -0.4 is 0 Å². The summed E-state index contributed by atoms with van der Waals surface area (Å²) in [6.07, 6.45) is 1.50. The normalized spacial score (nSPS) is 20.7. The van der Waals surface area contributed by atoms with Crippen molar-refractivity contribution in [2.75, 3.05) is 0 Å². The van der Waals surface area contributed by atoms with Gasteiger partial charge in [0.2, 0.25) is 0 Å². The molecule has 0 N–H and O–H groups in total. The van der Waals surface area contributed by atoms with Gasteiger partial charge in [-0.15, -0.1) is 0 Å². The summed E-state index contributed by atoms with van der Waals surface area (Å²) in [6.45, 7) is 16.6. The highest BCUT2D eigenvalue weighted by atomic mass is 19.2. The fourth-order valence-electron chi connectivity index (χ4n) is 2.93. The molecule has 0 spiro atoms. The second-order valence-corrected chi connectivity index (χ2v) is 8.50. The number of hydrogen-bond acceptors (Lipinski definition) is 0. The molecule has 22 heavy (non-hydrogen) atoms. The van der Waals surface area contributed by atoms with Crippen LogP contribution in [0.3, 0.4) is 0 Å². The maximum Gasteiger partial charge on any atom is 0.134 e. The summed E-state index contributed by atoms with van der Waals surface area (Å²) in [5, 5.41) is 0. The van der Waals surface area contributed by atoms with Crippen LogP contribution in [0.2, 0.25) is 0 Å². The summed E-state index contributed by atoms with van der Waals surface area (Å²) in [7, 11) is 0. The average Bonchev–Trinajstić information content (AvgIpc) is 2.46. The van der Waals surface area contributed by atoms with Crippen LogP contribution in [0.4, 0.5) is 8.78 Å². The van der Waals surface area contributed by atoms with Crippen molar-refractivity contribution in [2.45, 2.75) is 93.4 Å². The molecule has 0 fully saturated rings. The van der Waals surface area contributed by atoms with Crippen molar-refractivity contribution < 1.29 is 8.78 Å². The SMILES string of the molecule is CC(C)CCC(C)C(C)C(F)C(F)C(C)C(C)CCC(C)C. The Balaban J connectivity index is 4.45. The van der Waals surface area contributed by atoms with Gasteiger partial charge in [0.25, 0.3) is 0 Å². The van der Waals surface area contributed by atoms with Crippen LogP contribution in [0, 0.1) is 35.5 Å². The second-order valence-electron chi connectivity index (χ2n) is 8.50. The molecular weight excluding hydrogens is 278 g/mol. The summed E-state index contributed by atoms with van der Waals surface area (Å²) in [4.78, 5) is 0. The first-order valence-corrected chi connectivity index (χ1v) is 9.35. The van der Waals surface area contributed by atoms with E-state index in [0.29, 0.717) is 11.8 Å². The van der Waals surface area contributed by atoms with E-state index in [2.05, 4.69) is 41.5 Å². The molecule has 0 saturated heterocycles. The Bertz CT molecular complexity index is 247. The lowest BCUT2D eigenvalue weighted by Crippen LogP contribution is -2.35. The third kappa shape index (κ3) is 7.92. The minimum atomic E-state index is -1.33. The molecular formula is C20H40F2. The maximum atomic E-state index is 14.6. The van der Waals surface area contributed by atoms with Gasteiger partial charge in [-0.3, -0.25) is 0 Å². The Labute approximate surface area is 138 Å². The molecule has 0 aromatic rings. The Morgan fingerprint density at radius 3 is 1.00 bits per heavy atom. The zero-order valence-corrected chi connectivity index (χ0v) is 16.2. The van der Waals surface area contributed by atoms with Crippen LogP contribution >= 0.6 is 0 Å². The lowest BCUT2D eigenvalue weighted by molar-refractivity contribution is 0.0371. The Morgan fingerprint density at radius 1 is 0.500 bits per heavy atom. The van der Waals surface area contributed by atoms with Gasteiger partial charge in [0.05, 0.1) is 0 Å². The predicted octanol–water partition coefficient (Wildman–Crippen LogP) is 7.08. The molecule has 0 rings (SSSR count). The van der Waals surface area contributed by atoms with Crippen molar-refractivity contribution in [3.05, 3.63) is 0 Å². The monoisotopic (exact) mass is 318 g/mol. The first kappa shape index (κ1) is 21.9. The standard InChI is InChI=1S/C20H40F2/c1-13(2)9-11-15(5)17(7)19(21)20(22)18(8)16(6)12-10-14(3)4/h13-20H,9-12H2,1-8H3. The molecule has 0 aromatic carbocycles. The van der Waals surface area contributed by atoms with Crippen LogP contribution in [-0.4, -0.2) is 12.3 Å². The summed E-state index contributed by atoms with van der Waals surface area (Å²) < 4.78 is 29.2. The molecule has 0 heterocycles.